The zero-order valence-electron chi connectivity index (χ0n) is 12.5. The largest absolute Gasteiger partial charge is 0.382 e. The summed E-state index contributed by atoms with van der Waals surface area (Å²) in [5, 5.41) is 22.3. The molecule has 2 aromatic rings. The van der Waals surface area contributed by atoms with E-state index in [9.17, 15) is 10.1 Å². The van der Waals surface area contributed by atoms with Crippen molar-refractivity contribution in [2.75, 3.05) is 38.3 Å². The number of methoxy groups -OCH3 is 1. The van der Waals surface area contributed by atoms with E-state index in [2.05, 4.69) is 15.5 Å². The molecular weight excluding hydrogens is 304 g/mol. The average Bonchev–Trinajstić information content (AvgIpc) is 3.09. The molecule has 2 heterocycles. The van der Waals surface area contributed by atoms with Gasteiger partial charge in [0.15, 0.2) is 0 Å². The maximum absolute atomic E-state index is 11.5. The number of ether oxygens (including phenoxy) is 2. The molecule has 122 valence electrons. The van der Waals surface area contributed by atoms with Crippen LogP contribution in [0.25, 0.3) is 5.69 Å². The van der Waals surface area contributed by atoms with Crippen LogP contribution in [-0.4, -0.2) is 64.6 Å². The Morgan fingerprint density at radius 3 is 3.09 bits per heavy atom. The van der Waals surface area contributed by atoms with Gasteiger partial charge in [-0.2, -0.15) is 0 Å². The third-order valence-electron chi connectivity index (χ3n) is 3.60. The first kappa shape index (κ1) is 15.3. The smallest absolute Gasteiger partial charge is 0.294 e. The Balaban J connectivity index is 1.91. The Kier molecular flexibility index (Phi) is 4.44. The summed E-state index contributed by atoms with van der Waals surface area (Å²) in [6.45, 7) is 2.08. The van der Waals surface area contributed by atoms with Crippen LogP contribution in [0.4, 0.5) is 11.4 Å². The Hall–Kier alpha value is -2.59. The highest BCUT2D eigenvalue weighted by Crippen LogP contribution is 2.31. The Labute approximate surface area is 131 Å². The lowest BCUT2D eigenvalue weighted by Gasteiger charge is -2.33. The SMILES string of the molecule is COC[C@@H]1CN(c2ccc(-n3cnnn3)cc2[N+](=O)[O-])CCO1. The van der Waals surface area contributed by atoms with Gasteiger partial charge in [0, 0.05) is 26.3 Å². The number of nitrogens with zero attached hydrogens (tertiary/aromatic N) is 6. The van der Waals surface area contributed by atoms with Crippen LogP contribution in [0.1, 0.15) is 0 Å². The lowest BCUT2D eigenvalue weighted by molar-refractivity contribution is -0.384. The minimum Gasteiger partial charge on any atom is -0.382 e. The molecule has 1 fully saturated rings. The van der Waals surface area contributed by atoms with E-state index >= 15 is 0 Å². The number of nitro benzene ring substituents is 1. The van der Waals surface area contributed by atoms with Gasteiger partial charge in [0.05, 0.1) is 29.9 Å². The van der Waals surface area contributed by atoms with E-state index in [-0.39, 0.29) is 11.8 Å². The molecular formula is C13H16N6O4. The van der Waals surface area contributed by atoms with Crippen molar-refractivity contribution in [3.63, 3.8) is 0 Å². The zero-order chi connectivity index (χ0) is 16.2. The molecule has 10 nitrogen and oxygen atoms in total. The van der Waals surface area contributed by atoms with E-state index in [4.69, 9.17) is 9.47 Å². The summed E-state index contributed by atoms with van der Waals surface area (Å²) in [6.07, 6.45) is 1.29. The topological polar surface area (TPSA) is 108 Å². The first-order valence-corrected chi connectivity index (χ1v) is 7.06. The molecule has 0 unspecified atom stereocenters. The van der Waals surface area contributed by atoms with Crippen LogP contribution in [-0.2, 0) is 9.47 Å². The number of morpholine rings is 1. The summed E-state index contributed by atoms with van der Waals surface area (Å²) in [4.78, 5) is 13.0. The van der Waals surface area contributed by atoms with Crippen molar-refractivity contribution in [3.8, 4) is 5.69 Å². The standard InChI is InChI=1S/C13H16N6O4/c1-22-8-11-7-17(4-5-23-11)12-3-2-10(6-13(12)19(20)21)18-9-14-15-16-18/h2-3,6,9,11H,4-5,7-8H2,1H3/t11-/m0/s1. The number of hydrogen-bond donors (Lipinski definition) is 0. The predicted molar refractivity (Wildman–Crippen MR) is 79.6 cm³/mol. The molecule has 1 aliphatic heterocycles. The van der Waals surface area contributed by atoms with E-state index in [0.717, 1.165) is 0 Å². The van der Waals surface area contributed by atoms with Crippen LogP contribution in [0.15, 0.2) is 24.5 Å². The molecule has 1 aromatic heterocycles. The van der Waals surface area contributed by atoms with Gasteiger partial charge in [0.2, 0.25) is 0 Å². The van der Waals surface area contributed by atoms with Crippen molar-refractivity contribution >= 4 is 11.4 Å². The van der Waals surface area contributed by atoms with Crippen molar-refractivity contribution in [3.05, 3.63) is 34.6 Å². The van der Waals surface area contributed by atoms with Gasteiger partial charge in [-0.1, -0.05) is 0 Å². The average molecular weight is 320 g/mol. The maximum atomic E-state index is 11.5. The minimum atomic E-state index is -0.399. The molecule has 0 amide bonds. The Morgan fingerprint density at radius 2 is 2.39 bits per heavy atom. The highest BCUT2D eigenvalue weighted by Gasteiger charge is 2.26. The van der Waals surface area contributed by atoms with Crippen LogP contribution < -0.4 is 4.90 Å². The van der Waals surface area contributed by atoms with Crippen LogP contribution in [0.2, 0.25) is 0 Å². The number of hydrogen-bond acceptors (Lipinski definition) is 8. The molecule has 1 atom stereocenters. The van der Waals surface area contributed by atoms with Crippen molar-refractivity contribution in [1.29, 1.82) is 0 Å². The van der Waals surface area contributed by atoms with E-state index in [0.29, 0.717) is 37.7 Å². The van der Waals surface area contributed by atoms with Crippen molar-refractivity contribution < 1.29 is 14.4 Å². The van der Waals surface area contributed by atoms with E-state index < -0.39 is 4.92 Å². The lowest BCUT2D eigenvalue weighted by Crippen LogP contribution is -2.44. The molecule has 3 rings (SSSR count). The summed E-state index contributed by atoms with van der Waals surface area (Å²) < 4.78 is 12.1. The van der Waals surface area contributed by atoms with Gasteiger partial charge in [0.1, 0.15) is 12.0 Å². The Morgan fingerprint density at radius 1 is 1.52 bits per heavy atom. The third-order valence-corrected chi connectivity index (χ3v) is 3.60. The second-order valence-corrected chi connectivity index (χ2v) is 5.08. The maximum Gasteiger partial charge on any atom is 0.294 e. The molecule has 0 aliphatic carbocycles. The van der Waals surface area contributed by atoms with Gasteiger partial charge in [-0.3, -0.25) is 10.1 Å². The molecule has 1 aliphatic rings. The number of anilines is 1. The van der Waals surface area contributed by atoms with E-state index in [1.807, 2.05) is 4.90 Å². The summed E-state index contributed by atoms with van der Waals surface area (Å²) in [7, 11) is 1.60. The first-order valence-electron chi connectivity index (χ1n) is 7.06. The second-order valence-electron chi connectivity index (χ2n) is 5.08. The molecule has 0 N–H and O–H groups in total. The summed E-state index contributed by atoms with van der Waals surface area (Å²) in [5.41, 5.74) is 1.10. The fourth-order valence-corrected chi connectivity index (χ4v) is 2.57. The van der Waals surface area contributed by atoms with Crippen LogP contribution in [0, 0.1) is 10.1 Å². The van der Waals surface area contributed by atoms with Crippen molar-refractivity contribution in [2.24, 2.45) is 0 Å². The van der Waals surface area contributed by atoms with E-state index in [1.54, 1.807) is 19.2 Å². The van der Waals surface area contributed by atoms with Crippen LogP contribution >= 0.6 is 0 Å². The quantitative estimate of drug-likeness (QED) is 0.576. The van der Waals surface area contributed by atoms with Gasteiger partial charge >= 0.3 is 0 Å². The van der Waals surface area contributed by atoms with Gasteiger partial charge in [-0.15, -0.1) is 5.10 Å². The first-order chi connectivity index (χ1) is 11.2. The fourth-order valence-electron chi connectivity index (χ4n) is 2.57. The molecule has 0 saturated carbocycles. The van der Waals surface area contributed by atoms with Gasteiger partial charge in [-0.05, 0) is 22.6 Å². The highest BCUT2D eigenvalue weighted by molar-refractivity contribution is 5.66. The Bertz CT molecular complexity index is 675. The van der Waals surface area contributed by atoms with Crippen molar-refractivity contribution in [1.82, 2.24) is 20.2 Å². The number of aromatic nitrogens is 4. The highest BCUT2D eigenvalue weighted by atomic mass is 16.6. The zero-order valence-corrected chi connectivity index (χ0v) is 12.5. The van der Waals surface area contributed by atoms with Gasteiger partial charge < -0.3 is 14.4 Å². The summed E-state index contributed by atoms with van der Waals surface area (Å²) in [6, 6.07) is 4.93. The molecule has 0 bridgehead atoms. The second kappa shape index (κ2) is 6.67. The number of nitro groups is 1. The normalized spacial score (nSPS) is 18.1. The van der Waals surface area contributed by atoms with Crippen molar-refractivity contribution in [2.45, 2.75) is 6.10 Å². The number of benzene rings is 1. The van der Waals surface area contributed by atoms with Crippen LogP contribution in [0.5, 0.6) is 0 Å². The molecule has 10 heteroatoms. The summed E-state index contributed by atoms with van der Waals surface area (Å²) >= 11 is 0. The molecule has 1 aromatic carbocycles. The third kappa shape index (κ3) is 3.27. The molecule has 23 heavy (non-hydrogen) atoms. The number of tetrazole rings is 1. The predicted octanol–water partition coefficient (Wildman–Crippen LogP) is 0.422. The van der Waals surface area contributed by atoms with E-state index in [1.165, 1.54) is 17.1 Å². The monoisotopic (exact) mass is 320 g/mol. The minimum absolute atomic E-state index is 0.0102. The molecule has 1 saturated heterocycles. The fraction of sp³-hybridized carbons (Fsp3) is 0.462. The lowest BCUT2D eigenvalue weighted by atomic mass is 10.2. The molecule has 0 radical (unpaired) electrons. The van der Waals surface area contributed by atoms with Gasteiger partial charge in [-0.25, -0.2) is 4.68 Å². The van der Waals surface area contributed by atoms with Gasteiger partial charge in [0.25, 0.3) is 5.69 Å². The summed E-state index contributed by atoms with van der Waals surface area (Å²) in [5.74, 6) is 0. The number of rotatable bonds is 5. The van der Waals surface area contributed by atoms with Crippen LogP contribution in [0.3, 0.4) is 0 Å². The molecule has 0 spiro atoms.